The molecule has 0 aliphatic rings. The van der Waals surface area contributed by atoms with Crippen LogP contribution in [0, 0.1) is 0 Å². The summed E-state index contributed by atoms with van der Waals surface area (Å²) in [5.74, 6) is 0. The van der Waals surface area contributed by atoms with Gasteiger partial charge in [-0.15, -0.1) is 5.73 Å². The first-order chi connectivity index (χ1) is 5.02. The van der Waals surface area contributed by atoms with Crippen molar-refractivity contribution in [2.75, 3.05) is 6.61 Å². The summed E-state index contributed by atoms with van der Waals surface area (Å²) in [4.78, 5) is 0. The molecule has 0 spiro atoms. The van der Waals surface area contributed by atoms with Crippen molar-refractivity contribution in [3.8, 4) is 0 Å². The summed E-state index contributed by atoms with van der Waals surface area (Å²) in [5.41, 5.74) is 3.22. The van der Waals surface area contributed by atoms with E-state index in [2.05, 4.69) is 25.4 Å². The molecule has 64 valence electrons. The van der Waals surface area contributed by atoms with Gasteiger partial charge < -0.3 is 5.11 Å². The monoisotopic (exact) mass is 170 g/mol. The summed E-state index contributed by atoms with van der Waals surface area (Å²) < 4.78 is 0. The van der Waals surface area contributed by atoms with Crippen molar-refractivity contribution in [1.82, 2.24) is 0 Å². The zero-order chi connectivity index (χ0) is 8.91. The topological polar surface area (TPSA) is 20.2 Å². The van der Waals surface area contributed by atoms with Crippen LogP contribution in [-0.4, -0.2) is 19.8 Å². The van der Waals surface area contributed by atoms with Crippen molar-refractivity contribution >= 4 is 8.07 Å². The van der Waals surface area contributed by atoms with Crippen molar-refractivity contribution in [2.45, 2.75) is 33.0 Å². The Bertz CT molecular complexity index is 170. The number of hydrogen-bond donors (Lipinski definition) is 1. The molecule has 0 amide bonds. The van der Waals surface area contributed by atoms with Crippen LogP contribution < -0.4 is 0 Å². The lowest BCUT2D eigenvalue weighted by Gasteiger charge is -2.17. The Morgan fingerprint density at radius 2 is 2.00 bits per heavy atom. The molecule has 0 aliphatic heterocycles. The van der Waals surface area contributed by atoms with Gasteiger partial charge in [0, 0.05) is 6.61 Å². The molecule has 0 rings (SSSR count). The highest BCUT2D eigenvalue weighted by Gasteiger charge is 2.18. The summed E-state index contributed by atoms with van der Waals surface area (Å²) in [6.07, 6.45) is 2.73. The van der Waals surface area contributed by atoms with E-state index in [-0.39, 0.29) is 6.61 Å². The summed E-state index contributed by atoms with van der Waals surface area (Å²) in [6.45, 7) is 9.04. The molecule has 11 heavy (non-hydrogen) atoms. The number of aliphatic hydroxyl groups excluding tert-OH is 1. The Labute approximate surface area is 70.5 Å². The minimum Gasteiger partial charge on any atom is -0.396 e. The number of hydrogen-bond acceptors (Lipinski definition) is 1. The van der Waals surface area contributed by atoms with Gasteiger partial charge in [0.25, 0.3) is 0 Å². The van der Waals surface area contributed by atoms with E-state index >= 15 is 0 Å². The van der Waals surface area contributed by atoms with Crippen LogP contribution in [0.3, 0.4) is 0 Å². The van der Waals surface area contributed by atoms with Gasteiger partial charge in [-0.2, -0.15) is 0 Å². The molecular formula is C9H18OSi. The van der Waals surface area contributed by atoms with Gasteiger partial charge in [0.1, 0.15) is 0 Å². The summed E-state index contributed by atoms with van der Waals surface area (Å²) in [7, 11) is -1.21. The summed E-state index contributed by atoms with van der Waals surface area (Å²) >= 11 is 0. The van der Waals surface area contributed by atoms with E-state index in [0.29, 0.717) is 0 Å². The predicted molar refractivity (Wildman–Crippen MR) is 52.3 cm³/mol. The van der Waals surface area contributed by atoms with Gasteiger partial charge in [0.05, 0.1) is 8.07 Å². The average molecular weight is 170 g/mol. The molecule has 2 heteroatoms. The SMILES string of the molecule is CC=C=C(CCO)[Si](C)(C)C. The average Bonchev–Trinajstić information content (AvgIpc) is 1.85. The molecule has 0 heterocycles. The predicted octanol–water partition coefficient (Wildman–Crippen LogP) is 2.35. The number of aliphatic hydroxyl groups is 1. The Balaban J connectivity index is 4.49. The molecule has 1 N–H and O–H groups in total. The largest absolute Gasteiger partial charge is 0.396 e. The van der Waals surface area contributed by atoms with Crippen LogP contribution in [0.15, 0.2) is 17.0 Å². The molecule has 0 radical (unpaired) electrons. The molecule has 0 atom stereocenters. The van der Waals surface area contributed by atoms with Crippen molar-refractivity contribution in [1.29, 1.82) is 0 Å². The fourth-order valence-corrected chi connectivity index (χ4v) is 2.39. The first kappa shape index (κ1) is 10.7. The molecule has 0 aromatic carbocycles. The maximum Gasteiger partial charge on any atom is 0.0824 e. The summed E-state index contributed by atoms with van der Waals surface area (Å²) in [6, 6.07) is 0. The van der Waals surface area contributed by atoms with Gasteiger partial charge in [-0.25, -0.2) is 0 Å². The Hall–Kier alpha value is -0.303. The van der Waals surface area contributed by atoms with Crippen molar-refractivity contribution in [3.63, 3.8) is 0 Å². The second kappa shape index (κ2) is 4.55. The van der Waals surface area contributed by atoms with Crippen molar-refractivity contribution in [3.05, 3.63) is 17.0 Å². The van der Waals surface area contributed by atoms with Gasteiger partial charge in [0.2, 0.25) is 0 Å². The van der Waals surface area contributed by atoms with Crippen LogP contribution in [-0.2, 0) is 0 Å². The van der Waals surface area contributed by atoms with E-state index < -0.39 is 8.07 Å². The van der Waals surface area contributed by atoms with Crippen LogP contribution >= 0.6 is 0 Å². The molecule has 0 unspecified atom stereocenters. The highest BCUT2D eigenvalue weighted by atomic mass is 28.3. The van der Waals surface area contributed by atoms with Crippen LogP contribution in [0.5, 0.6) is 0 Å². The maximum absolute atomic E-state index is 8.77. The zero-order valence-corrected chi connectivity index (χ0v) is 8.94. The molecule has 1 nitrogen and oxygen atoms in total. The van der Waals surface area contributed by atoms with E-state index in [4.69, 9.17) is 5.11 Å². The zero-order valence-electron chi connectivity index (χ0n) is 7.94. The van der Waals surface area contributed by atoms with Gasteiger partial charge in [-0.05, 0) is 24.6 Å². The molecular weight excluding hydrogens is 152 g/mol. The lowest BCUT2D eigenvalue weighted by Crippen LogP contribution is -2.24. The van der Waals surface area contributed by atoms with Crippen LogP contribution in [0.25, 0.3) is 0 Å². The number of rotatable bonds is 3. The minimum absolute atomic E-state index is 0.250. The van der Waals surface area contributed by atoms with Gasteiger partial charge in [-0.1, -0.05) is 19.6 Å². The third-order valence-electron chi connectivity index (χ3n) is 1.59. The highest BCUT2D eigenvalue weighted by Crippen LogP contribution is 2.15. The fraction of sp³-hybridized carbons (Fsp3) is 0.667. The molecule has 0 aliphatic carbocycles. The highest BCUT2D eigenvalue weighted by molar-refractivity contribution is 6.83. The van der Waals surface area contributed by atoms with Crippen molar-refractivity contribution < 1.29 is 5.11 Å². The Kier molecular flexibility index (Phi) is 4.42. The Morgan fingerprint density at radius 1 is 1.45 bits per heavy atom. The third-order valence-corrected chi connectivity index (χ3v) is 3.79. The van der Waals surface area contributed by atoms with Crippen molar-refractivity contribution in [2.24, 2.45) is 0 Å². The Morgan fingerprint density at radius 3 is 2.27 bits per heavy atom. The molecule has 0 saturated carbocycles. The minimum atomic E-state index is -1.21. The van der Waals surface area contributed by atoms with E-state index in [0.717, 1.165) is 6.42 Å². The lowest BCUT2D eigenvalue weighted by atomic mass is 10.4. The second-order valence-electron chi connectivity index (χ2n) is 3.64. The molecule has 0 bridgehead atoms. The van der Waals surface area contributed by atoms with E-state index in [1.54, 1.807) is 0 Å². The maximum atomic E-state index is 8.77. The summed E-state index contributed by atoms with van der Waals surface area (Å²) in [5, 5.41) is 10.1. The lowest BCUT2D eigenvalue weighted by molar-refractivity contribution is 0.301. The van der Waals surface area contributed by atoms with Crippen LogP contribution in [0.1, 0.15) is 13.3 Å². The fourth-order valence-electron chi connectivity index (χ4n) is 0.950. The normalized spacial score (nSPS) is 10.6. The smallest absolute Gasteiger partial charge is 0.0824 e. The molecule has 0 aromatic heterocycles. The first-order valence-corrected chi connectivity index (χ1v) is 7.54. The molecule has 0 fully saturated rings. The van der Waals surface area contributed by atoms with Gasteiger partial charge in [0.15, 0.2) is 0 Å². The molecule has 0 aromatic rings. The standard InChI is InChI=1S/C9H18OSi/c1-5-6-9(7-8-10)11(2,3)4/h5,10H,7-8H2,1-4H3. The van der Waals surface area contributed by atoms with E-state index in [1.807, 2.05) is 13.0 Å². The van der Waals surface area contributed by atoms with Crippen LogP contribution in [0.2, 0.25) is 19.6 Å². The van der Waals surface area contributed by atoms with Gasteiger partial charge >= 0.3 is 0 Å². The third kappa shape index (κ3) is 4.20. The first-order valence-electron chi connectivity index (χ1n) is 4.04. The molecule has 0 saturated heterocycles. The quantitative estimate of drug-likeness (QED) is 0.509. The van der Waals surface area contributed by atoms with E-state index in [1.165, 1.54) is 5.20 Å². The van der Waals surface area contributed by atoms with Crippen LogP contribution in [0.4, 0.5) is 0 Å². The second-order valence-corrected chi connectivity index (χ2v) is 8.74. The van der Waals surface area contributed by atoms with E-state index in [9.17, 15) is 0 Å². The van der Waals surface area contributed by atoms with Gasteiger partial charge in [-0.3, -0.25) is 0 Å².